The highest BCUT2D eigenvalue weighted by Gasteiger charge is 2.53. The Balaban J connectivity index is 2.71. The molecule has 0 aliphatic carbocycles. The van der Waals surface area contributed by atoms with Gasteiger partial charge < -0.3 is 14.9 Å². The number of hydrogen-bond acceptors (Lipinski definition) is 4. The van der Waals surface area contributed by atoms with E-state index in [1.54, 1.807) is 0 Å². The normalized spacial score (nSPS) is 34.5. The highest BCUT2D eigenvalue weighted by molar-refractivity contribution is 5.79. The van der Waals surface area contributed by atoms with Crippen LogP contribution in [-0.4, -0.2) is 40.9 Å². The zero-order chi connectivity index (χ0) is 9.35. The summed E-state index contributed by atoms with van der Waals surface area (Å²) in [6, 6.07) is 0. The van der Waals surface area contributed by atoms with Crippen molar-refractivity contribution in [1.29, 1.82) is 0 Å². The third kappa shape index (κ3) is 1.39. The molecule has 0 bridgehead atoms. The van der Waals surface area contributed by atoms with Crippen molar-refractivity contribution in [3.63, 3.8) is 0 Å². The van der Waals surface area contributed by atoms with Crippen LogP contribution >= 0.6 is 0 Å². The fourth-order valence-electron chi connectivity index (χ4n) is 0.923. The molecule has 1 saturated heterocycles. The Morgan fingerprint density at radius 2 is 2.25 bits per heavy atom. The Morgan fingerprint density at radius 3 is 2.67 bits per heavy atom. The average molecular weight is 182 g/mol. The Kier molecular flexibility index (Phi) is 2.29. The number of hydrogen-bond donors (Lipinski definition) is 2. The van der Waals surface area contributed by atoms with Gasteiger partial charge in [-0.3, -0.25) is 0 Å². The van der Waals surface area contributed by atoms with Crippen molar-refractivity contribution >= 4 is 5.97 Å². The van der Waals surface area contributed by atoms with Gasteiger partial charge >= 0.3 is 11.9 Å². The monoisotopic (exact) mass is 182 g/mol. The Hall–Kier alpha value is -0.750. The van der Waals surface area contributed by atoms with Gasteiger partial charge in [-0.05, 0) is 0 Å². The lowest BCUT2D eigenvalue weighted by Gasteiger charge is -2.30. The first-order valence-electron chi connectivity index (χ1n) is 3.36. The molecule has 4 nitrogen and oxygen atoms in total. The number of carbonyl (C=O) groups is 1. The minimum absolute atomic E-state index is 0.435. The smallest absolute Gasteiger partial charge is 0.380 e. The molecular formula is C6H8F2O4. The van der Waals surface area contributed by atoms with Gasteiger partial charge in [0.15, 0.2) is 0 Å². The van der Waals surface area contributed by atoms with Crippen LogP contribution in [0.4, 0.5) is 8.78 Å². The van der Waals surface area contributed by atoms with Crippen LogP contribution in [0.5, 0.6) is 0 Å². The van der Waals surface area contributed by atoms with E-state index in [4.69, 9.17) is 10.2 Å². The topological polar surface area (TPSA) is 66.8 Å². The van der Waals surface area contributed by atoms with Crippen LogP contribution in [0.1, 0.15) is 6.42 Å². The van der Waals surface area contributed by atoms with Crippen molar-refractivity contribution in [3.05, 3.63) is 0 Å². The van der Waals surface area contributed by atoms with Gasteiger partial charge in [0.2, 0.25) is 0 Å². The Morgan fingerprint density at radius 1 is 1.67 bits per heavy atom. The third-order valence-corrected chi connectivity index (χ3v) is 1.65. The molecule has 1 aliphatic rings. The fourth-order valence-corrected chi connectivity index (χ4v) is 0.923. The summed E-state index contributed by atoms with van der Waals surface area (Å²) in [6.07, 6.45) is -3.52. The molecule has 0 radical (unpaired) electrons. The molecule has 2 N–H and O–H groups in total. The largest absolute Gasteiger partial charge is 0.455 e. The molecule has 12 heavy (non-hydrogen) atoms. The van der Waals surface area contributed by atoms with Gasteiger partial charge in [0.05, 0.1) is 6.61 Å². The number of cyclic esters (lactones) is 1. The lowest BCUT2D eigenvalue weighted by molar-refractivity contribution is -0.216. The summed E-state index contributed by atoms with van der Waals surface area (Å²) in [7, 11) is 0. The third-order valence-electron chi connectivity index (χ3n) is 1.65. The predicted molar refractivity (Wildman–Crippen MR) is 32.5 cm³/mol. The summed E-state index contributed by atoms with van der Waals surface area (Å²) in [5, 5.41) is 17.2. The molecule has 0 aromatic carbocycles. The van der Waals surface area contributed by atoms with Gasteiger partial charge in [-0.15, -0.1) is 0 Å². The second kappa shape index (κ2) is 2.95. The van der Waals surface area contributed by atoms with Crippen LogP contribution in [0, 0.1) is 0 Å². The summed E-state index contributed by atoms with van der Waals surface area (Å²) >= 11 is 0. The molecule has 0 spiro atoms. The summed E-state index contributed by atoms with van der Waals surface area (Å²) in [6.45, 7) is -0.557. The molecule has 0 amide bonds. The van der Waals surface area contributed by atoms with Crippen LogP contribution in [-0.2, 0) is 9.53 Å². The molecule has 0 aromatic heterocycles. The lowest BCUT2D eigenvalue weighted by atomic mass is 10.0. The molecule has 0 saturated carbocycles. The number of aliphatic hydroxyl groups excluding tert-OH is 2. The second-order valence-electron chi connectivity index (χ2n) is 2.58. The SMILES string of the molecule is O=C1OC(CO)CC(O)C1(F)F. The van der Waals surface area contributed by atoms with E-state index < -0.39 is 37.1 Å². The molecule has 70 valence electrons. The zero-order valence-electron chi connectivity index (χ0n) is 6.04. The fraction of sp³-hybridized carbons (Fsp3) is 0.833. The van der Waals surface area contributed by atoms with E-state index in [9.17, 15) is 13.6 Å². The van der Waals surface area contributed by atoms with E-state index in [2.05, 4.69) is 4.74 Å². The van der Waals surface area contributed by atoms with Crippen molar-refractivity contribution in [2.75, 3.05) is 6.61 Å². The quantitative estimate of drug-likeness (QED) is 0.526. The molecule has 1 fully saturated rings. The molecule has 1 rings (SSSR count). The van der Waals surface area contributed by atoms with Crippen LogP contribution in [0.25, 0.3) is 0 Å². The van der Waals surface area contributed by atoms with Gasteiger partial charge in [-0.1, -0.05) is 0 Å². The van der Waals surface area contributed by atoms with Gasteiger partial charge in [0.1, 0.15) is 12.2 Å². The summed E-state index contributed by atoms with van der Waals surface area (Å²) < 4.78 is 29.1. The minimum atomic E-state index is -3.84. The molecule has 6 heteroatoms. The van der Waals surface area contributed by atoms with Crippen molar-refractivity contribution in [2.24, 2.45) is 0 Å². The van der Waals surface area contributed by atoms with E-state index in [1.807, 2.05) is 0 Å². The Labute approximate surface area is 66.8 Å². The number of ether oxygens (including phenoxy) is 1. The lowest BCUT2D eigenvalue weighted by Crippen LogP contribution is -2.51. The van der Waals surface area contributed by atoms with Crippen molar-refractivity contribution in [1.82, 2.24) is 0 Å². The summed E-state index contributed by atoms with van der Waals surface area (Å²) in [5.41, 5.74) is 0. The predicted octanol–water partition coefficient (Wildman–Crippen LogP) is -0.710. The van der Waals surface area contributed by atoms with E-state index in [1.165, 1.54) is 0 Å². The molecule has 2 unspecified atom stereocenters. The molecule has 0 aromatic rings. The highest BCUT2D eigenvalue weighted by Crippen LogP contribution is 2.29. The molecular weight excluding hydrogens is 174 g/mol. The van der Waals surface area contributed by atoms with Gasteiger partial charge in [0, 0.05) is 6.42 Å². The molecule has 2 atom stereocenters. The Bertz CT molecular complexity index is 194. The van der Waals surface area contributed by atoms with E-state index in [0.717, 1.165) is 0 Å². The number of halogens is 2. The molecule has 1 heterocycles. The maximum Gasteiger partial charge on any atom is 0.380 e. The average Bonchev–Trinajstić information content (AvgIpc) is 2.00. The van der Waals surface area contributed by atoms with Gasteiger partial charge in [0.25, 0.3) is 0 Å². The van der Waals surface area contributed by atoms with E-state index >= 15 is 0 Å². The van der Waals surface area contributed by atoms with Gasteiger partial charge in [-0.25, -0.2) is 4.79 Å². The van der Waals surface area contributed by atoms with Crippen molar-refractivity contribution in [2.45, 2.75) is 24.6 Å². The zero-order valence-corrected chi connectivity index (χ0v) is 6.04. The minimum Gasteiger partial charge on any atom is -0.455 e. The van der Waals surface area contributed by atoms with Crippen molar-refractivity contribution in [3.8, 4) is 0 Å². The first-order valence-corrected chi connectivity index (χ1v) is 3.36. The van der Waals surface area contributed by atoms with Gasteiger partial charge in [-0.2, -0.15) is 8.78 Å². The molecule has 1 aliphatic heterocycles. The van der Waals surface area contributed by atoms with E-state index in [-0.39, 0.29) is 0 Å². The number of esters is 1. The van der Waals surface area contributed by atoms with Crippen LogP contribution in [0.3, 0.4) is 0 Å². The van der Waals surface area contributed by atoms with Crippen LogP contribution in [0.2, 0.25) is 0 Å². The second-order valence-corrected chi connectivity index (χ2v) is 2.58. The first-order chi connectivity index (χ1) is 5.48. The van der Waals surface area contributed by atoms with Crippen LogP contribution < -0.4 is 0 Å². The maximum atomic E-state index is 12.5. The van der Waals surface area contributed by atoms with E-state index in [0.29, 0.717) is 0 Å². The first kappa shape index (κ1) is 9.34. The summed E-state index contributed by atoms with van der Waals surface area (Å²) in [5.74, 6) is -5.62. The highest BCUT2D eigenvalue weighted by atomic mass is 19.3. The number of carbonyl (C=O) groups excluding carboxylic acids is 1. The standard InChI is InChI=1S/C6H8F2O4/c7-6(8)4(10)1-3(2-9)12-5(6)11/h3-4,9-10H,1-2H2. The van der Waals surface area contributed by atoms with Crippen molar-refractivity contribution < 1.29 is 28.5 Å². The maximum absolute atomic E-state index is 12.5. The van der Waals surface area contributed by atoms with Crippen LogP contribution in [0.15, 0.2) is 0 Å². The number of aliphatic hydroxyl groups is 2. The number of rotatable bonds is 1. The number of alkyl halides is 2. The summed E-state index contributed by atoms with van der Waals surface area (Å²) in [4.78, 5) is 10.5.